The lowest BCUT2D eigenvalue weighted by atomic mass is 9.94. The van der Waals surface area contributed by atoms with Crippen molar-refractivity contribution in [1.82, 2.24) is 0 Å². The van der Waals surface area contributed by atoms with Gasteiger partial charge >= 0.3 is 0 Å². The summed E-state index contributed by atoms with van der Waals surface area (Å²) in [4.78, 5) is 0. The molecular formula is C19H15N3O2. The molecule has 0 radical (unpaired) electrons. The molecule has 1 heterocycles. The van der Waals surface area contributed by atoms with Gasteiger partial charge in [0, 0.05) is 5.57 Å². The van der Waals surface area contributed by atoms with Crippen molar-refractivity contribution in [2.75, 3.05) is 7.11 Å². The molecule has 0 atom stereocenters. The number of allylic oxidation sites excluding steroid dienone is 2. The van der Waals surface area contributed by atoms with E-state index >= 15 is 0 Å². The summed E-state index contributed by atoms with van der Waals surface area (Å²) in [6, 6.07) is 13.0. The van der Waals surface area contributed by atoms with E-state index in [9.17, 15) is 5.26 Å². The van der Waals surface area contributed by atoms with E-state index in [0.717, 1.165) is 11.3 Å². The molecule has 24 heavy (non-hydrogen) atoms. The van der Waals surface area contributed by atoms with Crippen LogP contribution in [-0.4, -0.2) is 12.7 Å². The molecule has 0 aromatic heterocycles. The molecule has 1 aromatic carbocycles. The second-order valence-electron chi connectivity index (χ2n) is 5.55. The fourth-order valence-corrected chi connectivity index (χ4v) is 2.38. The molecular weight excluding hydrogens is 302 g/mol. The van der Waals surface area contributed by atoms with Gasteiger partial charge in [0.1, 0.15) is 35.1 Å². The van der Waals surface area contributed by atoms with E-state index in [1.807, 2.05) is 36.4 Å². The molecule has 0 fully saturated rings. The molecule has 0 spiro atoms. The quantitative estimate of drug-likeness (QED) is 0.794. The number of ether oxygens (including phenoxy) is 2. The van der Waals surface area contributed by atoms with E-state index in [0.29, 0.717) is 5.57 Å². The lowest BCUT2D eigenvalue weighted by Gasteiger charge is -2.20. The predicted molar refractivity (Wildman–Crippen MR) is 88.1 cm³/mol. The summed E-state index contributed by atoms with van der Waals surface area (Å²) in [5.74, 6) is 0.799. The fraction of sp³-hybridized carbons (Fsp3) is 0.211. The van der Waals surface area contributed by atoms with Gasteiger partial charge in [0.05, 0.1) is 7.11 Å². The third-order valence-corrected chi connectivity index (χ3v) is 3.62. The maximum atomic E-state index is 9.45. The SMILES string of the molecule is COc1ccc(/C=C/C2=C(C#N)C(=C(C#N)C#N)OC2(C)C)cc1. The van der Waals surface area contributed by atoms with Gasteiger partial charge < -0.3 is 9.47 Å². The summed E-state index contributed by atoms with van der Waals surface area (Å²) in [6.07, 6.45) is 3.62. The van der Waals surface area contributed by atoms with E-state index in [2.05, 4.69) is 0 Å². The van der Waals surface area contributed by atoms with Crippen LogP contribution in [0.1, 0.15) is 19.4 Å². The maximum Gasteiger partial charge on any atom is 0.172 e. The standard InChI is InChI=1S/C19H15N3O2/c1-19(2)17(9-6-13-4-7-15(23-3)8-5-13)16(12-22)18(24-19)14(10-20)11-21/h4-9H,1-3H3/b9-6+. The highest BCUT2D eigenvalue weighted by atomic mass is 16.5. The summed E-state index contributed by atoms with van der Waals surface area (Å²) in [5, 5.41) is 27.5. The zero-order valence-corrected chi connectivity index (χ0v) is 13.6. The molecule has 0 amide bonds. The van der Waals surface area contributed by atoms with Crippen molar-refractivity contribution in [3.05, 3.63) is 58.4 Å². The third kappa shape index (κ3) is 3.14. The molecule has 118 valence electrons. The van der Waals surface area contributed by atoms with Crippen LogP contribution in [-0.2, 0) is 4.74 Å². The summed E-state index contributed by atoms with van der Waals surface area (Å²) in [7, 11) is 1.60. The predicted octanol–water partition coefficient (Wildman–Crippen LogP) is 3.64. The highest BCUT2D eigenvalue weighted by Crippen LogP contribution is 2.40. The molecule has 1 aliphatic heterocycles. The van der Waals surface area contributed by atoms with E-state index in [4.69, 9.17) is 20.0 Å². The Labute approximate surface area is 141 Å². The molecule has 0 bridgehead atoms. The van der Waals surface area contributed by atoms with Gasteiger partial charge in [-0.1, -0.05) is 24.3 Å². The minimum atomic E-state index is -0.803. The van der Waals surface area contributed by atoms with Gasteiger partial charge in [0.25, 0.3) is 0 Å². The Kier molecular flexibility index (Phi) is 4.73. The summed E-state index contributed by atoms with van der Waals surface area (Å²) < 4.78 is 10.8. The summed E-state index contributed by atoms with van der Waals surface area (Å²) >= 11 is 0. The smallest absolute Gasteiger partial charge is 0.172 e. The van der Waals surface area contributed by atoms with Crippen molar-refractivity contribution >= 4 is 6.08 Å². The zero-order chi connectivity index (χ0) is 17.7. The average Bonchev–Trinajstić information content (AvgIpc) is 2.84. The minimum Gasteiger partial charge on any atom is -0.497 e. The molecule has 1 aromatic rings. The van der Waals surface area contributed by atoms with Crippen LogP contribution < -0.4 is 4.74 Å². The number of nitriles is 3. The van der Waals surface area contributed by atoms with Crippen molar-refractivity contribution in [3.63, 3.8) is 0 Å². The first kappa shape index (κ1) is 16.9. The largest absolute Gasteiger partial charge is 0.497 e. The normalized spacial score (nSPS) is 15.4. The van der Waals surface area contributed by atoms with E-state index in [1.54, 1.807) is 39.2 Å². The highest BCUT2D eigenvalue weighted by molar-refractivity contribution is 5.64. The second kappa shape index (κ2) is 6.73. The van der Waals surface area contributed by atoms with Crippen molar-refractivity contribution in [3.8, 4) is 24.0 Å². The molecule has 0 N–H and O–H groups in total. The topological polar surface area (TPSA) is 89.8 Å². The molecule has 0 saturated carbocycles. The Morgan fingerprint density at radius 1 is 1.08 bits per heavy atom. The van der Waals surface area contributed by atoms with Crippen molar-refractivity contribution in [2.45, 2.75) is 19.4 Å². The molecule has 2 rings (SSSR count). The average molecular weight is 317 g/mol. The van der Waals surface area contributed by atoms with Crippen molar-refractivity contribution < 1.29 is 9.47 Å². The molecule has 0 saturated heterocycles. The second-order valence-corrected chi connectivity index (χ2v) is 5.55. The monoisotopic (exact) mass is 317 g/mol. The van der Waals surface area contributed by atoms with Crippen LogP contribution in [0.5, 0.6) is 5.75 Å². The molecule has 0 aliphatic carbocycles. The number of benzene rings is 1. The first-order valence-electron chi connectivity index (χ1n) is 7.17. The fourth-order valence-electron chi connectivity index (χ4n) is 2.38. The van der Waals surface area contributed by atoms with Crippen LogP contribution in [0.25, 0.3) is 6.08 Å². The Bertz CT molecular complexity index is 851. The summed E-state index contributed by atoms with van der Waals surface area (Å²) in [6.45, 7) is 3.58. The molecule has 5 nitrogen and oxygen atoms in total. The van der Waals surface area contributed by atoms with Gasteiger partial charge in [-0.15, -0.1) is 0 Å². The number of rotatable bonds is 3. The van der Waals surface area contributed by atoms with Gasteiger partial charge in [0.2, 0.25) is 0 Å². The van der Waals surface area contributed by atoms with Crippen LogP contribution in [0, 0.1) is 34.0 Å². The zero-order valence-electron chi connectivity index (χ0n) is 13.6. The van der Waals surface area contributed by atoms with E-state index in [1.165, 1.54) is 0 Å². The highest BCUT2D eigenvalue weighted by Gasteiger charge is 2.38. The Morgan fingerprint density at radius 2 is 1.71 bits per heavy atom. The molecule has 0 unspecified atom stereocenters. The first-order valence-corrected chi connectivity index (χ1v) is 7.17. The van der Waals surface area contributed by atoms with Crippen LogP contribution >= 0.6 is 0 Å². The lowest BCUT2D eigenvalue weighted by Crippen LogP contribution is -2.20. The lowest BCUT2D eigenvalue weighted by molar-refractivity contribution is 0.0954. The number of methoxy groups -OCH3 is 1. The van der Waals surface area contributed by atoms with E-state index < -0.39 is 5.60 Å². The molecule has 1 aliphatic rings. The van der Waals surface area contributed by atoms with Crippen molar-refractivity contribution in [2.24, 2.45) is 0 Å². The number of hydrogen-bond acceptors (Lipinski definition) is 5. The number of hydrogen-bond donors (Lipinski definition) is 0. The Hall–Kier alpha value is -3.49. The van der Waals surface area contributed by atoms with Crippen LogP contribution in [0.2, 0.25) is 0 Å². The van der Waals surface area contributed by atoms with E-state index in [-0.39, 0.29) is 16.9 Å². The van der Waals surface area contributed by atoms with Gasteiger partial charge in [-0.05, 0) is 31.5 Å². The van der Waals surface area contributed by atoms with Gasteiger partial charge in [-0.3, -0.25) is 0 Å². The Balaban J connectivity index is 2.49. The first-order chi connectivity index (χ1) is 11.5. The Morgan fingerprint density at radius 3 is 2.21 bits per heavy atom. The van der Waals surface area contributed by atoms with Crippen LogP contribution in [0.3, 0.4) is 0 Å². The molecule has 5 heteroatoms. The third-order valence-electron chi connectivity index (χ3n) is 3.62. The maximum absolute atomic E-state index is 9.45. The van der Waals surface area contributed by atoms with Crippen molar-refractivity contribution in [1.29, 1.82) is 15.8 Å². The van der Waals surface area contributed by atoms with Gasteiger partial charge in [0.15, 0.2) is 11.3 Å². The van der Waals surface area contributed by atoms with Gasteiger partial charge in [-0.25, -0.2) is 0 Å². The van der Waals surface area contributed by atoms with Crippen LogP contribution in [0.4, 0.5) is 0 Å². The summed E-state index contributed by atoms with van der Waals surface area (Å²) in [5.41, 5.74) is 0.756. The van der Waals surface area contributed by atoms with Gasteiger partial charge in [-0.2, -0.15) is 15.8 Å². The number of nitrogens with zero attached hydrogens (tertiary/aromatic N) is 3. The minimum absolute atomic E-state index is 0.0434. The van der Waals surface area contributed by atoms with Crippen LogP contribution in [0.15, 0.2) is 52.8 Å².